The highest BCUT2D eigenvalue weighted by Crippen LogP contribution is 2.22. The first kappa shape index (κ1) is 22.0. The summed E-state index contributed by atoms with van der Waals surface area (Å²) in [5.74, 6) is 0.181. The van der Waals surface area contributed by atoms with Crippen LogP contribution in [0.3, 0.4) is 0 Å². The number of anilines is 2. The normalized spacial score (nSPS) is 14.9. The van der Waals surface area contributed by atoms with E-state index in [1.54, 1.807) is 36.4 Å². The van der Waals surface area contributed by atoms with E-state index in [1.807, 2.05) is 0 Å². The summed E-state index contributed by atoms with van der Waals surface area (Å²) in [6.07, 6.45) is 3.58. The molecule has 168 valence electrons. The Hall–Kier alpha value is -3.26. The van der Waals surface area contributed by atoms with Crippen molar-refractivity contribution in [3.8, 4) is 11.5 Å². The number of carbonyl (C=O) groups is 1. The van der Waals surface area contributed by atoms with Crippen LogP contribution in [0.15, 0.2) is 52.9 Å². The van der Waals surface area contributed by atoms with Crippen LogP contribution in [-0.2, 0) is 0 Å². The number of nitrogens with zero attached hydrogens (tertiary/aromatic N) is 3. The molecule has 32 heavy (non-hydrogen) atoms. The summed E-state index contributed by atoms with van der Waals surface area (Å²) in [6, 6.07) is 13.2. The molecular weight excluding hydrogens is 409 g/mol. The summed E-state index contributed by atoms with van der Waals surface area (Å²) in [5.41, 5.74) is 1.28. The molecule has 0 radical (unpaired) electrons. The minimum absolute atomic E-state index is 0.000890. The van der Waals surface area contributed by atoms with Gasteiger partial charge in [-0.15, -0.1) is 5.10 Å². The Labute approximate surface area is 187 Å². The molecule has 0 atom stereocenters. The molecule has 3 aromatic rings. The molecule has 2 heterocycles. The van der Waals surface area contributed by atoms with Crippen molar-refractivity contribution in [2.45, 2.75) is 26.2 Å². The predicted octanol–water partition coefficient (Wildman–Crippen LogP) is 4.66. The van der Waals surface area contributed by atoms with Gasteiger partial charge in [-0.1, -0.05) is 24.2 Å². The quantitative estimate of drug-likeness (QED) is 0.499. The number of hydrogen-bond donors (Lipinski definition) is 2. The molecule has 8 heteroatoms. The van der Waals surface area contributed by atoms with Gasteiger partial charge in [0, 0.05) is 17.8 Å². The largest absolute Gasteiger partial charge is 0.403 e. The summed E-state index contributed by atoms with van der Waals surface area (Å²) in [6.45, 7) is 6.53. The lowest BCUT2D eigenvalue weighted by atomic mass is 9.99. The summed E-state index contributed by atoms with van der Waals surface area (Å²) in [7, 11) is 0. The zero-order valence-electron chi connectivity index (χ0n) is 18.2. The third-order valence-corrected chi connectivity index (χ3v) is 5.74. The third-order valence-electron chi connectivity index (χ3n) is 5.74. The standard InChI is InChI=1S/C24H28FN5O2/c1-17-11-15-30(16-12-17)14-4-13-26-24-29-28-23(32-24)18-7-9-19(10-8-18)27-22(31)20-5-2-3-6-21(20)25/h2-3,5-10,17H,4,11-16H2,1H3,(H,26,29)(H,27,31). The Morgan fingerprint density at radius 3 is 2.62 bits per heavy atom. The average Bonchev–Trinajstić information content (AvgIpc) is 3.28. The Morgan fingerprint density at radius 2 is 1.88 bits per heavy atom. The second-order valence-corrected chi connectivity index (χ2v) is 8.23. The maximum Gasteiger partial charge on any atom is 0.315 e. The molecule has 1 amide bonds. The minimum Gasteiger partial charge on any atom is -0.403 e. The van der Waals surface area contributed by atoms with Gasteiger partial charge in [0.15, 0.2) is 0 Å². The van der Waals surface area contributed by atoms with E-state index in [1.165, 1.54) is 38.1 Å². The highest BCUT2D eigenvalue weighted by atomic mass is 19.1. The lowest BCUT2D eigenvalue weighted by Gasteiger charge is -2.30. The van der Waals surface area contributed by atoms with E-state index in [2.05, 4.69) is 32.7 Å². The molecule has 2 aromatic carbocycles. The number of hydrogen-bond acceptors (Lipinski definition) is 6. The second kappa shape index (κ2) is 10.4. The summed E-state index contributed by atoms with van der Waals surface area (Å²) in [5, 5.41) is 14.0. The van der Waals surface area contributed by atoms with Crippen molar-refractivity contribution in [3.05, 3.63) is 59.9 Å². The van der Waals surface area contributed by atoms with E-state index < -0.39 is 11.7 Å². The molecule has 0 spiro atoms. The number of likely N-dealkylation sites (tertiary alicyclic amines) is 1. The van der Waals surface area contributed by atoms with Crippen LogP contribution in [0.4, 0.5) is 16.1 Å². The topological polar surface area (TPSA) is 83.3 Å². The maximum atomic E-state index is 13.8. The van der Waals surface area contributed by atoms with Gasteiger partial charge in [-0.3, -0.25) is 4.79 Å². The molecule has 1 saturated heterocycles. The first-order valence-electron chi connectivity index (χ1n) is 11.0. The van der Waals surface area contributed by atoms with Crippen molar-refractivity contribution in [2.75, 3.05) is 36.8 Å². The lowest BCUT2D eigenvalue weighted by Crippen LogP contribution is -2.34. The number of piperidine rings is 1. The second-order valence-electron chi connectivity index (χ2n) is 8.23. The van der Waals surface area contributed by atoms with Crippen LogP contribution in [0.5, 0.6) is 0 Å². The zero-order chi connectivity index (χ0) is 22.3. The molecule has 2 N–H and O–H groups in total. The van der Waals surface area contributed by atoms with E-state index in [4.69, 9.17) is 4.42 Å². The molecule has 1 aromatic heterocycles. The van der Waals surface area contributed by atoms with E-state index in [0.29, 0.717) is 17.6 Å². The highest BCUT2D eigenvalue weighted by molar-refractivity contribution is 6.04. The Kier molecular flexibility index (Phi) is 7.11. The van der Waals surface area contributed by atoms with Gasteiger partial charge in [-0.25, -0.2) is 4.39 Å². The molecule has 0 aliphatic carbocycles. The van der Waals surface area contributed by atoms with Gasteiger partial charge in [0.2, 0.25) is 5.89 Å². The maximum absolute atomic E-state index is 13.8. The van der Waals surface area contributed by atoms with Crippen LogP contribution in [-0.4, -0.2) is 47.2 Å². The van der Waals surface area contributed by atoms with Crippen LogP contribution >= 0.6 is 0 Å². The molecule has 4 rings (SSSR count). The number of benzene rings is 2. The van der Waals surface area contributed by atoms with Crippen molar-refractivity contribution in [3.63, 3.8) is 0 Å². The van der Waals surface area contributed by atoms with E-state index >= 15 is 0 Å². The van der Waals surface area contributed by atoms with Crippen LogP contribution < -0.4 is 10.6 Å². The van der Waals surface area contributed by atoms with Gasteiger partial charge >= 0.3 is 6.01 Å². The SMILES string of the molecule is CC1CCN(CCCNc2nnc(-c3ccc(NC(=O)c4ccccc4F)cc3)o2)CC1. The number of nitrogens with one attached hydrogen (secondary N) is 2. The average molecular weight is 438 g/mol. The number of carbonyl (C=O) groups excluding carboxylic acids is 1. The molecular formula is C24H28FN5O2. The van der Waals surface area contributed by atoms with Crippen molar-refractivity contribution in [1.29, 1.82) is 0 Å². The third kappa shape index (κ3) is 5.70. The Balaban J connectivity index is 1.26. The summed E-state index contributed by atoms with van der Waals surface area (Å²) < 4.78 is 19.5. The number of aromatic nitrogens is 2. The minimum atomic E-state index is -0.557. The van der Waals surface area contributed by atoms with Crippen molar-refractivity contribution < 1.29 is 13.6 Å². The fourth-order valence-electron chi connectivity index (χ4n) is 3.73. The van der Waals surface area contributed by atoms with Crippen LogP contribution in [0.25, 0.3) is 11.5 Å². The summed E-state index contributed by atoms with van der Waals surface area (Å²) in [4.78, 5) is 14.7. The number of amides is 1. The Bertz CT molecular complexity index is 1030. The Morgan fingerprint density at radius 1 is 1.12 bits per heavy atom. The van der Waals surface area contributed by atoms with E-state index in [-0.39, 0.29) is 5.56 Å². The number of rotatable bonds is 8. The molecule has 1 aliphatic heterocycles. The van der Waals surface area contributed by atoms with Crippen LogP contribution in [0.2, 0.25) is 0 Å². The van der Waals surface area contributed by atoms with Crippen LogP contribution in [0.1, 0.15) is 36.5 Å². The van der Waals surface area contributed by atoms with Gasteiger partial charge in [0.25, 0.3) is 5.91 Å². The van der Waals surface area contributed by atoms with E-state index in [0.717, 1.165) is 31.0 Å². The van der Waals surface area contributed by atoms with Gasteiger partial charge < -0.3 is 20.0 Å². The van der Waals surface area contributed by atoms with Gasteiger partial charge in [0.05, 0.1) is 5.56 Å². The van der Waals surface area contributed by atoms with Crippen molar-refractivity contribution in [2.24, 2.45) is 5.92 Å². The first-order chi connectivity index (χ1) is 15.6. The van der Waals surface area contributed by atoms with Gasteiger partial charge in [-0.2, -0.15) is 0 Å². The van der Waals surface area contributed by atoms with E-state index in [9.17, 15) is 9.18 Å². The molecule has 7 nitrogen and oxygen atoms in total. The highest BCUT2D eigenvalue weighted by Gasteiger charge is 2.15. The van der Waals surface area contributed by atoms with Gasteiger partial charge in [0.1, 0.15) is 5.82 Å². The molecule has 0 saturated carbocycles. The van der Waals surface area contributed by atoms with Gasteiger partial charge in [-0.05, 0) is 81.2 Å². The lowest BCUT2D eigenvalue weighted by molar-refractivity contribution is 0.102. The molecule has 1 aliphatic rings. The van der Waals surface area contributed by atoms with Crippen LogP contribution in [0, 0.1) is 11.7 Å². The fourth-order valence-corrected chi connectivity index (χ4v) is 3.73. The smallest absolute Gasteiger partial charge is 0.315 e. The summed E-state index contributed by atoms with van der Waals surface area (Å²) >= 11 is 0. The fraction of sp³-hybridized carbons (Fsp3) is 0.375. The van der Waals surface area contributed by atoms with Crippen molar-refractivity contribution in [1.82, 2.24) is 15.1 Å². The molecule has 0 unspecified atom stereocenters. The number of halogens is 1. The zero-order valence-corrected chi connectivity index (χ0v) is 18.2. The monoisotopic (exact) mass is 437 g/mol. The molecule has 1 fully saturated rings. The molecule has 0 bridgehead atoms. The van der Waals surface area contributed by atoms with Crippen molar-refractivity contribution >= 4 is 17.6 Å². The predicted molar refractivity (Wildman–Crippen MR) is 122 cm³/mol. The first-order valence-corrected chi connectivity index (χ1v) is 11.0.